The normalized spacial score (nSPS) is 13.2. The zero-order chi connectivity index (χ0) is 9.84. The molecule has 1 heterocycles. The molecule has 1 rings (SSSR count). The van der Waals surface area contributed by atoms with E-state index >= 15 is 0 Å². The molecule has 1 aromatic rings. The third-order valence-electron chi connectivity index (χ3n) is 2.10. The van der Waals surface area contributed by atoms with E-state index in [1.54, 1.807) is 10.9 Å². The van der Waals surface area contributed by atoms with Gasteiger partial charge in [-0.1, -0.05) is 31.9 Å². The summed E-state index contributed by atoms with van der Waals surface area (Å²) >= 11 is 5.78. The number of nitrogens with two attached hydrogens (primary N) is 1. The fraction of sp³-hybridized carbons (Fsp3) is 0.667. The standard InChI is InChI=1S/C9H16ClN3/c1-3-4-7(2)6-13-9(11)8(10)5-12-13/h5,7H,3-4,6,11H2,1-2H3. The maximum Gasteiger partial charge on any atom is 0.140 e. The summed E-state index contributed by atoms with van der Waals surface area (Å²) in [6.07, 6.45) is 3.97. The number of hydrogen-bond donors (Lipinski definition) is 1. The largest absolute Gasteiger partial charge is 0.383 e. The van der Waals surface area contributed by atoms with E-state index < -0.39 is 0 Å². The number of anilines is 1. The van der Waals surface area contributed by atoms with Crippen molar-refractivity contribution < 1.29 is 0 Å². The van der Waals surface area contributed by atoms with Gasteiger partial charge in [-0.3, -0.25) is 0 Å². The lowest BCUT2D eigenvalue weighted by atomic mass is 10.1. The zero-order valence-corrected chi connectivity index (χ0v) is 8.88. The maximum absolute atomic E-state index is 5.78. The Kier molecular flexibility index (Phi) is 3.60. The van der Waals surface area contributed by atoms with Crippen LogP contribution < -0.4 is 5.73 Å². The maximum atomic E-state index is 5.78. The van der Waals surface area contributed by atoms with E-state index in [9.17, 15) is 0 Å². The summed E-state index contributed by atoms with van der Waals surface area (Å²) in [5.74, 6) is 1.17. The van der Waals surface area contributed by atoms with E-state index in [0.29, 0.717) is 16.8 Å². The number of aromatic nitrogens is 2. The highest BCUT2D eigenvalue weighted by Crippen LogP contribution is 2.19. The molecular formula is C9H16ClN3. The van der Waals surface area contributed by atoms with Gasteiger partial charge in [0.25, 0.3) is 0 Å². The highest BCUT2D eigenvalue weighted by atomic mass is 35.5. The predicted molar refractivity (Wildman–Crippen MR) is 55.7 cm³/mol. The Morgan fingerprint density at radius 3 is 2.85 bits per heavy atom. The summed E-state index contributed by atoms with van der Waals surface area (Å²) in [4.78, 5) is 0. The van der Waals surface area contributed by atoms with E-state index in [2.05, 4.69) is 18.9 Å². The number of halogens is 1. The summed E-state index contributed by atoms with van der Waals surface area (Å²) < 4.78 is 1.77. The van der Waals surface area contributed by atoms with Crippen molar-refractivity contribution in [2.75, 3.05) is 5.73 Å². The van der Waals surface area contributed by atoms with Gasteiger partial charge >= 0.3 is 0 Å². The van der Waals surface area contributed by atoms with Crippen molar-refractivity contribution in [1.82, 2.24) is 9.78 Å². The van der Waals surface area contributed by atoms with Gasteiger partial charge in [0.05, 0.1) is 6.20 Å². The lowest BCUT2D eigenvalue weighted by molar-refractivity contribution is 0.424. The van der Waals surface area contributed by atoms with Gasteiger partial charge in [-0.05, 0) is 12.3 Å². The van der Waals surface area contributed by atoms with Crippen molar-refractivity contribution in [3.63, 3.8) is 0 Å². The summed E-state index contributed by atoms with van der Waals surface area (Å²) in [5, 5.41) is 4.64. The van der Waals surface area contributed by atoms with Crippen LogP contribution in [0.5, 0.6) is 0 Å². The second-order valence-corrected chi connectivity index (χ2v) is 3.86. The van der Waals surface area contributed by atoms with Crippen LogP contribution in [0.2, 0.25) is 5.02 Å². The Balaban J connectivity index is 2.58. The fourth-order valence-corrected chi connectivity index (χ4v) is 1.54. The van der Waals surface area contributed by atoms with Crippen LogP contribution in [0.3, 0.4) is 0 Å². The van der Waals surface area contributed by atoms with Crippen LogP contribution in [0.25, 0.3) is 0 Å². The highest BCUT2D eigenvalue weighted by Gasteiger charge is 2.07. The van der Waals surface area contributed by atoms with Gasteiger partial charge in [-0.15, -0.1) is 0 Å². The van der Waals surface area contributed by atoms with E-state index in [1.165, 1.54) is 12.8 Å². The average molecular weight is 202 g/mol. The Hall–Kier alpha value is -0.700. The van der Waals surface area contributed by atoms with Crippen LogP contribution in [-0.4, -0.2) is 9.78 Å². The molecule has 1 aromatic heterocycles. The molecule has 1 atom stereocenters. The first kappa shape index (κ1) is 10.4. The Morgan fingerprint density at radius 1 is 1.69 bits per heavy atom. The van der Waals surface area contributed by atoms with Gasteiger partial charge in [0.1, 0.15) is 10.8 Å². The minimum Gasteiger partial charge on any atom is -0.383 e. The molecule has 0 aliphatic heterocycles. The Morgan fingerprint density at radius 2 is 2.38 bits per heavy atom. The molecule has 0 saturated carbocycles. The van der Waals surface area contributed by atoms with Crippen LogP contribution >= 0.6 is 11.6 Å². The predicted octanol–water partition coefficient (Wildman–Crippen LogP) is 2.55. The Labute approximate surface area is 83.9 Å². The third kappa shape index (κ3) is 2.62. The van der Waals surface area contributed by atoms with Crippen LogP contribution in [0, 0.1) is 5.92 Å². The minimum absolute atomic E-state index is 0.545. The van der Waals surface area contributed by atoms with Crippen molar-refractivity contribution >= 4 is 17.4 Å². The first-order valence-corrected chi connectivity index (χ1v) is 4.99. The molecule has 0 aromatic carbocycles. The Bertz CT molecular complexity index is 270. The molecule has 2 N–H and O–H groups in total. The van der Waals surface area contributed by atoms with E-state index in [-0.39, 0.29) is 0 Å². The lowest BCUT2D eigenvalue weighted by Gasteiger charge is -2.10. The number of rotatable bonds is 4. The van der Waals surface area contributed by atoms with Crippen molar-refractivity contribution in [2.45, 2.75) is 33.2 Å². The topological polar surface area (TPSA) is 43.8 Å². The van der Waals surface area contributed by atoms with Gasteiger partial charge in [0.15, 0.2) is 0 Å². The summed E-state index contributed by atoms with van der Waals surface area (Å²) in [6, 6.07) is 0. The monoisotopic (exact) mass is 201 g/mol. The summed E-state index contributed by atoms with van der Waals surface area (Å²) in [7, 11) is 0. The molecule has 0 radical (unpaired) electrons. The molecule has 3 nitrogen and oxygen atoms in total. The lowest BCUT2D eigenvalue weighted by Crippen LogP contribution is -2.11. The second kappa shape index (κ2) is 4.51. The second-order valence-electron chi connectivity index (χ2n) is 3.45. The van der Waals surface area contributed by atoms with E-state index in [4.69, 9.17) is 17.3 Å². The molecule has 13 heavy (non-hydrogen) atoms. The highest BCUT2D eigenvalue weighted by molar-refractivity contribution is 6.32. The van der Waals surface area contributed by atoms with Gasteiger partial charge in [-0.25, -0.2) is 4.68 Å². The number of hydrogen-bond acceptors (Lipinski definition) is 2. The van der Waals surface area contributed by atoms with E-state index in [1.807, 2.05) is 0 Å². The number of nitrogens with zero attached hydrogens (tertiary/aromatic N) is 2. The molecule has 0 spiro atoms. The molecule has 0 fully saturated rings. The quantitative estimate of drug-likeness (QED) is 0.814. The van der Waals surface area contributed by atoms with Crippen molar-refractivity contribution in [2.24, 2.45) is 5.92 Å². The SMILES string of the molecule is CCCC(C)Cn1ncc(Cl)c1N. The molecule has 0 bridgehead atoms. The molecule has 0 saturated heterocycles. The van der Waals surface area contributed by atoms with Crippen molar-refractivity contribution in [1.29, 1.82) is 0 Å². The molecule has 0 amide bonds. The number of nitrogen functional groups attached to an aromatic ring is 1. The first-order valence-electron chi connectivity index (χ1n) is 4.62. The van der Waals surface area contributed by atoms with Crippen LogP contribution in [0.15, 0.2) is 6.20 Å². The third-order valence-corrected chi connectivity index (χ3v) is 2.39. The van der Waals surface area contributed by atoms with Crippen LogP contribution in [-0.2, 0) is 6.54 Å². The van der Waals surface area contributed by atoms with Crippen LogP contribution in [0.1, 0.15) is 26.7 Å². The fourth-order valence-electron chi connectivity index (χ4n) is 1.40. The minimum atomic E-state index is 0.545. The molecule has 74 valence electrons. The van der Waals surface area contributed by atoms with Crippen LogP contribution in [0.4, 0.5) is 5.82 Å². The van der Waals surface area contributed by atoms with Gasteiger partial charge in [-0.2, -0.15) is 5.10 Å². The van der Waals surface area contributed by atoms with E-state index in [0.717, 1.165) is 6.54 Å². The average Bonchev–Trinajstić information content (AvgIpc) is 2.37. The first-order chi connectivity index (χ1) is 6.15. The van der Waals surface area contributed by atoms with Gasteiger partial charge in [0, 0.05) is 6.54 Å². The van der Waals surface area contributed by atoms with Crippen molar-refractivity contribution in [3.05, 3.63) is 11.2 Å². The zero-order valence-electron chi connectivity index (χ0n) is 8.13. The molecule has 4 heteroatoms. The molecule has 0 aliphatic carbocycles. The smallest absolute Gasteiger partial charge is 0.140 e. The van der Waals surface area contributed by atoms with Gasteiger partial charge < -0.3 is 5.73 Å². The van der Waals surface area contributed by atoms with Gasteiger partial charge in [0.2, 0.25) is 0 Å². The van der Waals surface area contributed by atoms with Crippen molar-refractivity contribution in [3.8, 4) is 0 Å². The molecule has 0 aliphatic rings. The summed E-state index contributed by atoms with van der Waals surface area (Å²) in [5.41, 5.74) is 5.72. The molecule has 1 unspecified atom stereocenters. The molecular weight excluding hydrogens is 186 g/mol. The summed E-state index contributed by atoms with van der Waals surface area (Å²) in [6.45, 7) is 5.22.